The molecule has 0 spiro atoms. The first kappa shape index (κ1) is 17.6. The molecule has 0 amide bonds. The zero-order valence-electron chi connectivity index (χ0n) is 11.4. The molecule has 0 aromatic carbocycles. The van der Waals surface area contributed by atoms with E-state index in [0.29, 0.717) is 4.46 Å². The van der Waals surface area contributed by atoms with Crippen molar-refractivity contribution in [3.63, 3.8) is 0 Å². The number of ether oxygens (including phenoxy) is 1. The van der Waals surface area contributed by atoms with Crippen LogP contribution in [0, 0.1) is 0 Å². The summed E-state index contributed by atoms with van der Waals surface area (Å²) >= 11 is -0.136. The van der Waals surface area contributed by atoms with Crippen molar-refractivity contribution >= 4 is 27.2 Å². The van der Waals surface area contributed by atoms with Crippen LogP contribution in [0.5, 0.6) is 0 Å². The zero-order chi connectivity index (χ0) is 16.5. The van der Waals surface area contributed by atoms with Crippen LogP contribution >= 0.6 is 7.82 Å². The molecular weight excluding hydrogens is 386 g/mol. The number of hydrogen-bond acceptors (Lipinski definition) is 6. The molecule has 10 nitrogen and oxygen atoms in total. The molecule has 2 heterocycles. The van der Waals surface area contributed by atoms with Crippen LogP contribution in [0.1, 0.15) is 12.6 Å². The number of aromatic amines is 1. The van der Waals surface area contributed by atoms with Crippen LogP contribution in [0.4, 0.5) is 0 Å². The van der Waals surface area contributed by atoms with Crippen LogP contribution in [0.2, 0.25) is 5.82 Å². The van der Waals surface area contributed by atoms with Crippen LogP contribution < -0.4 is 15.7 Å². The number of rotatable bonds is 5. The topological polar surface area (TPSA) is 151 Å². The molecule has 0 radical (unpaired) electrons. The number of hydrogen-bond donors (Lipinski definition) is 4. The number of aliphatic hydroxyl groups excluding tert-OH is 1. The van der Waals surface area contributed by atoms with Gasteiger partial charge in [0.1, 0.15) is 0 Å². The van der Waals surface area contributed by atoms with Crippen LogP contribution in [-0.2, 0) is 13.8 Å². The average Bonchev–Trinajstić information content (AvgIpc) is 2.77. The Kier molecular flexibility index (Phi) is 5.41. The summed E-state index contributed by atoms with van der Waals surface area (Å²) in [5.74, 6) is 1.81. The van der Waals surface area contributed by atoms with Crippen molar-refractivity contribution < 1.29 is 28.7 Å². The van der Waals surface area contributed by atoms with Crippen molar-refractivity contribution in [3.05, 3.63) is 27.0 Å². The quantitative estimate of drug-likeness (QED) is 0.317. The van der Waals surface area contributed by atoms with Gasteiger partial charge >= 0.3 is 130 Å². The molecule has 12 heteroatoms. The van der Waals surface area contributed by atoms with Gasteiger partial charge in [0, 0.05) is 0 Å². The van der Waals surface area contributed by atoms with Crippen molar-refractivity contribution in [2.45, 2.75) is 30.7 Å². The number of nitrogens with one attached hydrogen (secondary N) is 1. The molecule has 1 saturated heterocycles. The van der Waals surface area contributed by atoms with Gasteiger partial charge in [-0.05, 0) is 0 Å². The van der Waals surface area contributed by atoms with E-state index in [1.54, 1.807) is 0 Å². The maximum absolute atomic E-state index is 11.8. The Labute approximate surface area is 130 Å². The molecule has 124 valence electrons. The van der Waals surface area contributed by atoms with Crippen molar-refractivity contribution in [2.24, 2.45) is 0 Å². The second kappa shape index (κ2) is 6.77. The Balaban J connectivity index is 2.17. The maximum atomic E-state index is 11.8. The first-order chi connectivity index (χ1) is 10.2. The van der Waals surface area contributed by atoms with Gasteiger partial charge in [-0.15, -0.1) is 0 Å². The minimum absolute atomic E-state index is 0.0390. The van der Waals surface area contributed by atoms with Crippen LogP contribution in [0.15, 0.2) is 15.8 Å². The van der Waals surface area contributed by atoms with Crippen molar-refractivity contribution in [3.8, 4) is 0 Å². The molecule has 0 bridgehead atoms. The SMILES string of the molecule is C[Se]c1cn([C@H]2C[C@H](O)[C@@H](COP(=O)(O)O)O2)c(=O)[nH]c1=O. The number of aromatic nitrogens is 2. The Bertz CT molecular complexity index is 697. The fraction of sp³-hybridized carbons (Fsp3) is 0.600. The monoisotopic (exact) mass is 402 g/mol. The third-order valence-electron chi connectivity index (χ3n) is 3.08. The number of phosphoric acid groups is 1. The number of aliphatic hydroxyl groups is 1. The number of H-pyrrole nitrogens is 1. The van der Waals surface area contributed by atoms with E-state index in [-0.39, 0.29) is 21.4 Å². The summed E-state index contributed by atoms with van der Waals surface area (Å²) < 4.78 is 22.0. The molecule has 1 aromatic heterocycles. The predicted octanol–water partition coefficient (Wildman–Crippen LogP) is -2.33. The van der Waals surface area contributed by atoms with Crippen LogP contribution in [-0.4, -0.2) is 58.2 Å². The summed E-state index contributed by atoms with van der Waals surface area (Å²) in [7, 11) is -4.67. The molecule has 0 saturated carbocycles. The third-order valence-corrected chi connectivity index (χ3v) is 5.09. The van der Waals surface area contributed by atoms with Gasteiger partial charge < -0.3 is 0 Å². The van der Waals surface area contributed by atoms with E-state index in [1.807, 2.05) is 5.82 Å². The van der Waals surface area contributed by atoms with E-state index >= 15 is 0 Å². The molecule has 4 N–H and O–H groups in total. The molecule has 0 aliphatic carbocycles. The summed E-state index contributed by atoms with van der Waals surface area (Å²) in [4.78, 5) is 42.8. The van der Waals surface area contributed by atoms with Gasteiger partial charge in [0.15, 0.2) is 0 Å². The fourth-order valence-corrected chi connectivity index (χ4v) is 3.33. The molecule has 0 unspecified atom stereocenters. The van der Waals surface area contributed by atoms with Crippen molar-refractivity contribution in [1.82, 2.24) is 9.55 Å². The second-order valence-corrected chi connectivity index (χ2v) is 7.60. The van der Waals surface area contributed by atoms with Gasteiger partial charge in [-0.1, -0.05) is 0 Å². The summed E-state index contributed by atoms with van der Waals surface area (Å²) in [5, 5.41) is 9.85. The zero-order valence-corrected chi connectivity index (χ0v) is 14.0. The van der Waals surface area contributed by atoms with E-state index in [2.05, 4.69) is 9.51 Å². The van der Waals surface area contributed by atoms with E-state index in [4.69, 9.17) is 14.5 Å². The molecule has 3 atom stereocenters. The summed E-state index contributed by atoms with van der Waals surface area (Å²) in [6.45, 7) is -0.509. The molecule has 1 fully saturated rings. The summed E-state index contributed by atoms with van der Waals surface area (Å²) in [5.41, 5.74) is -1.13. The van der Waals surface area contributed by atoms with E-state index < -0.39 is 44.1 Å². The van der Waals surface area contributed by atoms with Gasteiger partial charge in [-0.25, -0.2) is 0 Å². The average molecular weight is 401 g/mol. The van der Waals surface area contributed by atoms with Crippen LogP contribution in [0.25, 0.3) is 0 Å². The molecule has 1 aliphatic heterocycles. The van der Waals surface area contributed by atoms with Crippen molar-refractivity contribution in [1.29, 1.82) is 0 Å². The first-order valence-corrected chi connectivity index (χ1v) is 10.2. The Morgan fingerprint density at radius 2 is 2.23 bits per heavy atom. The summed E-state index contributed by atoms with van der Waals surface area (Å²) in [6, 6.07) is 0. The van der Waals surface area contributed by atoms with Gasteiger partial charge in [0.05, 0.1) is 0 Å². The normalized spacial score (nSPS) is 25.5. The molecule has 22 heavy (non-hydrogen) atoms. The van der Waals surface area contributed by atoms with Gasteiger partial charge in [0.25, 0.3) is 0 Å². The number of nitrogens with zero attached hydrogens (tertiary/aromatic N) is 1. The molecule has 2 rings (SSSR count). The fourth-order valence-electron chi connectivity index (χ4n) is 2.03. The second-order valence-electron chi connectivity index (χ2n) is 4.58. The Morgan fingerprint density at radius 3 is 2.82 bits per heavy atom. The Hall–Kier alpha value is -0.771. The molecule has 1 aromatic rings. The first-order valence-electron chi connectivity index (χ1n) is 6.14. The van der Waals surface area contributed by atoms with E-state index in [0.717, 1.165) is 4.57 Å². The summed E-state index contributed by atoms with van der Waals surface area (Å²) in [6.07, 6.45) is -1.45. The van der Waals surface area contributed by atoms with E-state index in [9.17, 15) is 19.3 Å². The van der Waals surface area contributed by atoms with Crippen LogP contribution in [0.3, 0.4) is 0 Å². The third kappa shape index (κ3) is 4.15. The van der Waals surface area contributed by atoms with Gasteiger partial charge in [-0.3, -0.25) is 0 Å². The predicted molar refractivity (Wildman–Crippen MR) is 75.1 cm³/mol. The molecule has 1 aliphatic rings. The molecular formula is C10H15N2O8PSe. The Morgan fingerprint density at radius 1 is 1.55 bits per heavy atom. The standard InChI is InChI=1S/C10H15N2O8PSe/c1-22-7-3-12(10(15)11-9(7)14)8-2-5(13)6(20-8)4-19-21(16,17)18/h3,5-6,8,13H,2,4H2,1H3,(H,11,14,15)(H2,16,17,18)/t5-,6+,8+/m0/s1. The minimum atomic E-state index is -4.67. The van der Waals surface area contributed by atoms with Gasteiger partial charge in [-0.2, -0.15) is 0 Å². The van der Waals surface area contributed by atoms with Gasteiger partial charge in [0.2, 0.25) is 0 Å². The number of phosphoric ester groups is 1. The van der Waals surface area contributed by atoms with E-state index in [1.165, 1.54) is 6.20 Å². The van der Waals surface area contributed by atoms with Crippen molar-refractivity contribution in [2.75, 3.05) is 6.61 Å².